The second-order valence-corrected chi connectivity index (χ2v) is 49.4. The number of nitrogens with zero attached hydrogens (tertiary/aromatic N) is 4. The van der Waals surface area contributed by atoms with Gasteiger partial charge < -0.3 is 95.3 Å². The summed E-state index contributed by atoms with van der Waals surface area (Å²) in [5.41, 5.74) is 15.2. The summed E-state index contributed by atoms with van der Waals surface area (Å²) in [5.74, 6) is -10.8. The Kier molecular flexibility index (Phi) is 33.4. The number of alkyl halides is 2. The van der Waals surface area contributed by atoms with Gasteiger partial charge in [-0.1, -0.05) is 224 Å². The highest BCUT2D eigenvalue weighted by Gasteiger charge is 2.75. The van der Waals surface area contributed by atoms with Crippen LogP contribution in [0.2, 0.25) is 0 Å². The lowest BCUT2D eigenvalue weighted by atomic mass is 9.80. The Morgan fingerprint density at radius 2 is 0.757 bits per heavy atom. The van der Waals surface area contributed by atoms with Crippen molar-refractivity contribution in [1.29, 1.82) is 0 Å². The molecule has 7 aliphatic carbocycles. The monoisotopic (exact) mass is 1990 g/mol. The van der Waals surface area contributed by atoms with Gasteiger partial charge in [-0.3, -0.25) is 71.9 Å². The Hall–Kier alpha value is -10.5. The number of hydrogen-bond acceptors (Lipinski definition) is 18. The van der Waals surface area contributed by atoms with E-state index in [1.54, 1.807) is 4.90 Å². The number of nitrogens with one attached hydrogen (secondary N) is 11. The molecule has 0 spiro atoms. The molecule has 38 heteroatoms. The summed E-state index contributed by atoms with van der Waals surface area (Å²) in [5, 5.41) is 31.0. The van der Waals surface area contributed by atoms with Crippen molar-refractivity contribution in [2.24, 2.45) is 115 Å². The molecule has 13 rings (SSSR count). The third-order valence-corrected chi connectivity index (χ3v) is 31.6. The molecule has 10 fully saturated rings. The molecular weight excluding hydrogens is 1840 g/mol. The van der Waals surface area contributed by atoms with Crippen molar-refractivity contribution in [2.75, 3.05) is 32.7 Å². The van der Waals surface area contributed by atoms with E-state index < -0.39 is 204 Å². The van der Waals surface area contributed by atoms with Crippen LogP contribution >= 0.6 is 23.2 Å². The van der Waals surface area contributed by atoms with Crippen LogP contribution in [0.5, 0.6) is 0 Å². The molecule has 2 aromatic carbocycles. The zero-order chi connectivity index (χ0) is 104. The number of primary amides is 3. The number of likely N-dealkylation sites (tertiary alicyclic amines) is 4. The number of benzene rings is 2. The van der Waals surface area contributed by atoms with Gasteiger partial charge >= 0.3 is 18.1 Å². The van der Waals surface area contributed by atoms with E-state index >= 15 is 0 Å². The predicted molar refractivity (Wildman–Crippen MR) is 524 cm³/mol. The number of rotatable bonds is 34. The van der Waals surface area contributed by atoms with E-state index in [2.05, 4.69) is 72.3 Å². The normalized spacial score (nSPS) is 24.7. The number of nitrogens with two attached hydrogens (primary N) is 3. The predicted octanol–water partition coefficient (Wildman–Crippen LogP) is 6.18. The molecular formula is C102H152Cl2N18O18. The van der Waals surface area contributed by atoms with Crippen LogP contribution in [-0.4, -0.2) is 241 Å². The van der Waals surface area contributed by atoms with E-state index in [1.165, 1.54) is 14.7 Å². The third-order valence-electron chi connectivity index (χ3n) is 30.5. The van der Waals surface area contributed by atoms with E-state index in [9.17, 15) is 86.3 Å². The first kappa shape index (κ1) is 110. The number of amides is 18. The minimum atomic E-state index is -1.26. The van der Waals surface area contributed by atoms with Crippen LogP contribution in [0.15, 0.2) is 54.6 Å². The number of piperidine rings is 3. The number of halogens is 2. The highest BCUT2D eigenvalue weighted by Crippen LogP contribution is 2.67. The quantitative estimate of drug-likeness (QED) is 0.0275. The van der Waals surface area contributed by atoms with E-state index in [0.717, 1.165) is 74.5 Å². The van der Waals surface area contributed by atoms with Gasteiger partial charge in [-0.25, -0.2) is 14.4 Å². The lowest BCUT2D eigenvalue weighted by Gasteiger charge is -2.38. The molecule has 140 heavy (non-hydrogen) atoms. The summed E-state index contributed by atoms with van der Waals surface area (Å²) >= 11 is 13.2. The SMILES string of the molecule is CC(C)(C)NC(=O)[C@@H](NC(=O)N[C@H](C(=O)N1C[C@H]2[C@@H]([C@H]1C(=O)NC(CC1CCC1)C(=O)C(N)=O)C2(Cl)Cl)C1Cc2ccccc2C1)C(C)(C)C.CC(C)(C)[C@H](NC(=O)N[C@H](C(=O)N1C[C@H]2[C@@H]([C@H]1C(=O)NC(CC1CC1)C(=O)C(N)=O)C2(C)C)C(C)(C)C)C(=O)NCc1ccccc1.CC(C)[C@H](NC(=O)N[C@H](C(=O)N1C[C@H]2[C@@H]([C@H]1C(=O)NC(CC1CC1)C(=O)C(N)=O)C2(C)C)C(C)(C)C)C(=O)N1CCCC1. The molecule has 2 aromatic rings. The van der Waals surface area contributed by atoms with Crippen LogP contribution in [0.3, 0.4) is 0 Å². The Labute approximate surface area is 832 Å². The Morgan fingerprint density at radius 3 is 1.12 bits per heavy atom. The van der Waals surface area contributed by atoms with Crippen LogP contribution in [0.4, 0.5) is 14.4 Å². The van der Waals surface area contributed by atoms with Crippen molar-refractivity contribution in [3.05, 3.63) is 71.3 Å². The molecule has 0 radical (unpaired) electrons. The van der Waals surface area contributed by atoms with Crippen LogP contribution in [0.25, 0.3) is 0 Å². The molecule has 6 saturated carbocycles. The number of ketones is 3. The summed E-state index contributed by atoms with van der Waals surface area (Å²) in [6, 6.07) is 3.43. The number of Topliss-reactive ketones (excluding diaryl/α,β-unsaturated/α-hetero) is 3. The Balaban J connectivity index is 0.000000201. The Bertz CT molecular complexity index is 5050. The second-order valence-electron chi connectivity index (χ2n) is 47.9. The minimum absolute atomic E-state index is 0.0592. The van der Waals surface area contributed by atoms with Crippen molar-refractivity contribution in [3.8, 4) is 0 Å². The summed E-state index contributed by atoms with van der Waals surface area (Å²) in [4.78, 5) is 245. The van der Waals surface area contributed by atoms with Crippen molar-refractivity contribution in [1.82, 2.24) is 78.1 Å². The molecule has 36 nitrogen and oxygen atoms in total. The molecule has 18 amide bonds. The third kappa shape index (κ3) is 26.1. The van der Waals surface area contributed by atoms with Gasteiger partial charge in [0.05, 0.1) is 18.1 Å². The molecule has 772 valence electrons. The average molecular weight is 1990 g/mol. The van der Waals surface area contributed by atoms with Gasteiger partial charge in [-0.05, 0) is 168 Å². The van der Waals surface area contributed by atoms with Crippen molar-refractivity contribution in [3.63, 3.8) is 0 Å². The van der Waals surface area contributed by atoms with Crippen molar-refractivity contribution < 1.29 is 86.3 Å². The zero-order valence-electron chi connectivity index (χ0n) is 85.2. The minimum Gasteiger partial charge on any atom is -0.363 e. The second kappa shape index (κ2) is 42.6. The number of carbonyl (C=O) groups is 18. The maximum atomic E-state index is 14.7. The molecule has 17 N–H and O–H groups in total. The summed E-state index contributed by atoms with van der Waals surface area (Å²) in [7, 11) is 0. The fraction of sp³-hybridized carbons (Fsp3) is 0.706. The van der Waals surface area contributed by atoms with Gasteiger partial charge in [0.15, 0.2) is 0 Å². The van der Waals surface area contributed by atoms with Crippen LogP contribution < -0.4 is 75.7 Å². The first-order chi connectivity index (χ1) is 64.9. The van der Waals surface area contributed by atoms with Crippen molar-refractivity contribution in [2.45, 2.75) is 324 Å². The molecule has 0 aromatic heterocycles. The largest absolute Gasteiger partial charge is 0.363 e. The van der Waals surface area contributed by atoms with Crippen LogP contribution in [-0.2, 0) is 91.3 Å². The summed E-state index contributed by atoms with van der Waals surface area (Å²) in [6.45, 7) is 41.8. The maximum absolute atomic E-state index is 14.7. The maximum Gasteiger partial charge on any atom is 0.316 e. The number of urea groups is 3. The van der Waals surface area contributed by atoms with Gasteiger partial charge in [-0.2, -0.15) is 0 Å². The van der Waals surface area contributed by atoms with Crippen LogP contribution in [0, 0.1) is 97.6 Å². The first-order valence-electron chi connectivity index (χ1n) is 49.8. The van der Waals surface area contributed by atoms with Gasteiger partial charge in [-0.15, -0.1) is 23.2 Å². The molecule has 0 bridgehead atoms. The molecule has 18 atom stereocenters. The van der Waals surface area contributed by atoms with Gasteiger partial charge in [0.2, 0.25) is 70.5 Å². The van der Waals surface area contributed by atoms with Crippen LogP contribution in [0.1, 0.15) is 239 Å². The summed E-state index contributed by atoms with van der Waals surface area (Å²) < 4.78 is -1.26. The molecule has 4 aliphatic heterocycles. The van der Waals surface area contributed by atoms with Crippen molar-refractivity contribution >= 4 is 130 Å². The van der Waals surface area contributed by atoms with E-state index in [1.807, 2.05) is 186 Å². The number of hydrogen-bond donors (Lipinski definition) is 14. The summed E-state index contributed by atoms with van der Waals surface area (Å²) in [6.07, 6.45) is 10.2. The van der Waals surface area contributed by atoms with Gasteiger partial charge in [0, 0.05) is 56.6 Å². The molecule has 3 unspecified atom stereocenters. The van der Waals surface area contributed by atoms with E-state index in [4.69, 9.17) is 40.4 Å². The highest BCUT2D eigenvalue weighted by atomic mass is 35.5. The zero-order valence-corrected chi connectivity index (χ0v) is 86.8. The lowest BCUT2D eigenvalue weighted by molar-refractivity contribution is -0.145. The van der Waals surface area contributed by atoms with Gasteiger partial charge in [0.1, 0.15) is 58.7 Å². The Morgan fingerprint density at radius 1 is 0.407 bits per heavy atom. The smallest absolute Gasteiger partial charge is 0.316 e. The number of fused-ring (bicyclic) bond motifs is 4. The average Bonchev–Trinajstić information content (AvgIpc) is 1.53. The topological polar surface area (TPSA) is 531 Å². The first-order valence-corrected chi connectivity index (χ1v) is 50.5. The van der Waals surface area contributed by atoms with E-state index in [0.29, 0.717) is 58.4 Å². The molecule has 4 saturated heterocycles. The lowest BCUT2D eigenvalue weighted by Crippen LogP contribution is -2.63. The fourth-order valence-electron chi connectivity index (χ4n) is 21.5. The number of carbonyl (C=O) groups excluding carboxylic acids is 18. The highest BCUT2D eigenvalue weighted by molar-refractivity contribution is 6.51. The molecule has 4 heterocycles. The van der Waals surface area contributed by atoms with E-state index in [-0.39, 0.29) is 94.8 Å². The molecule has 11 aliphatic rings. The fourth-order valence-corrected chi connectivity index (χ4v) is 22.3. The van der Waals surface area contributed by atoms with Gasteiger partial charge in [0.25, 0.3) is 17.7 Å². The standard InChI is InChI=1S/C36H50Cl2N6O6.C35H52N6O6.C31H50N6O6/c1-34(2,3)28(31(48)43-35(4,5)6)42-33(50)41-25(21-15-19-12-7-8-13-20(19)16-21)32(49)44-17-22-24(36(22,37)38)26(44)30(47)40-23(27(45)29(39)46)14-18-10-9-11-18;1-33(2,3)26(30(45)37-17-20-12-10-9-11-13-20)39-32(47)40-27(34(4,5)6)31(46)41-18-21-23(35(21,7)8)24(41)29(44)38-22(16-19-14-15-19)25(42)28(36)43;1-16(2)21(27(41)36-12-8-9-13-36)34-29(43)35-24(30(3,4)5)28(42)37-15-18-20(31(18,6)7)22(37)26(40)33-19(14-17-10-11-17)23(38)25(32)39/h7-8,12-13,18,21-26,28H,9-11,14-17H2,1-6H3,(H2,39,46)(H,40,47)(H,43,48)(H2,41,42,50);9-13,19,21-24,26-27H,14-18H2,1-8H3,(H2,36,43)(H,37,45)(H,38,44)(H2,39,40,47);16-22,24H,8-15H2,1-7H3,(H2,32,39)(H,33,40)(H2,34,35,43)/t22-,23?,24-,25-,26-,28+;21-,22?,23-,24-,26+,27+;18-,19?,20-,21-,22-,24+/m000/s1.